The van der Waals surface area contributed by atoms with Gasteiger partial charge in [-0.2, -0.15) is 0 Å². The highest BCUT2D eigenvalue weighted by molar-refractivity contribution is 7.92. The number of nitrogens with one attached hydrogen (secondary N) is 1. The molecule has 9 heteroatoms. The van der Waals surface area contributed by atoms with Crippen molar-refractivity contribution in [2.24, 2.45) is 0 Å². The molecule has 0 aliphatic heterocycles. The lowest BCUT2D eigenvalue weighted by Crippen LogP contribution is -2.33. The van der Waals surface area contributed by atoms with Crippen LogP contribution in [0.3, 0.4) is 0 Å². The zero-order chi connectivity index (χ0) is 25.1. The summed E-state index contributed by atoms with van der Waals surface area (Å²) < 4.78 is 43.2. The number of nitrogens with zero attached hydrogens (tertiary/aromatic N) is 1. The molecular weight excluding hydrogens is 468 g/mol. The normalized spacial score (nSPS) is 10.9. The van der Waals surface area contributed by atoms with E-state index in [2.05, 4.69) is 5.32 Å². The maximum absolute atomic E-state index is 12.6. The van der Waals surface area contributed by atoms with Crippen LogP contribution in [0.15, 0.2) is 78.9 Å². The van der Waals surface area contributed by atoms with Gasteiger partial charge in [-0.25, -0.2) is 8.42 Å². The van der Waals surface area contributed by atoms with Gasteiger partial charge >= 0.3 is 0 Å². The minimum atomic E-state index is -3.60. The van der Waals surface area contributed by atoms with E-state index in [1.165, 1.54) is 4.31 Å². The fourth-order valence-corrected chi connectivity index (χ4v) is 4.36. The van der Waals surface area contributed by atoms with Crippen molar-refractivity contribution in [3.63, 3.8) is 0 Å². The van der Waals surface area contributed by atoms with Crippen LogP contribution in [-0.2, 0) is 14.8 Å². The van der Waals surface area contributed by atoms with E-state index >= 15 is 0 Å². The Labute approximate surface area is 206 Å². The van der Waals surface area contributed by atoms with Crippen LogP contribution in [0.25, 0.3) is 0 Å². The van der Waals surface area contributed by atoms with Gasteiger partial charge < -0.3 is 19.5 Å². The second-order valence-corrected chi connectivity index (χ2v) is 9.58. The molecule has 35 heavy (non-hydrogen) atoms. The molecule has 0 fully saturated rings. The molecular formula is C26H30N2O6S. The van der Waals surface area contributed by atoms with E-state index in [-0.39, 0.29) is 25.5 Å². The van der Waals surface area contributed by atoms with Crippen molar-refractivity contribution >= 4 is 21.6 Å². The highest BCUT2D eigenvalue weighted by Crippen LogP contribution is 2.33. The number of carbonyl (C=O) groups is 1. The Morgan fingerprint density at radius 1 is 0.886 bits per heavy atom. The Balaban J connectivity index is 1.53. The van der Waals surface area contributed by atoms with Crippen LogP contribution in [0.5, 0.6) is 23.0 Å². The quantitative estimate of drug-likeness (QED) is 0.355. The molecule has 0 aliphatic carbocycles. The molecule has 0 aromatic heterocycles. The van der Waals surface area contributed by atoms with Gasteiger partial charge in [-0.3, -0.25) is 9.10 Å². The maximum Gasteiger partial charge on any atom is 0.232 e. The van der Waals surface area contributed by atoms with E-state index in [0.717, 1.165) is 6.26 Å². The number of amides is 1. The van der Waals surface area contributed by atoms with Crippen molar-refractivity contribution in [3.8, 4) is 23.0 Å². The Bertz CT molecular complexity index is 1200. The first-order valence-corrected chi connectivity index (χ1v) is 13.1. The molecule has 0 spiro atoms. The molecule has 3 aromatic carbocycles. The smallest absolute Gasteiger partial charge is 0.232 e. The van der Waals surface area contributed by atoms with Crippen molar-refractivity contribution in [1.29, 1.82) is 0 Å². The van der Waals surface area contributed by atoms with Gasteiger partial charge in [0.05, 0.1) is 25.6 Å². The zero-order valence-corrected chi connectivity index (χ0v) is 20.7. The lowest BCUT2D eigenvalue weighted by molar-refractivity contribution is -0.121. The first-order chi connectivity index (χ1) is 16.9. The Morgan fingerprint density at radius 2 is 1.51 bits per heavy atom. The average molecular weight is 499 g/mol. The van der Waals surface area contributed by atoms with Gasteiger partial charge in [0.2, 0.25) is 15.9 Å². The van der Waals surface area contributed by atoms with Crippen LogP contribution >= 0.6 is 0 Å². The third kappa shape index (κ3) is 7.92. The van der Waals surface area contributed by atoms with Crippen molar-refractivity contribution in [2.75, 3.05) is 37.4 Å². The number of methoxy groups -OCH3 is 1. The summed E-state index contributed by atoms with van der Waals surface area (Å²) in [7, 11) is -2.03. The number of hydrogen-bond acceptors (Lipinski definition) is 6. The minimum Gasteiger partial charge on any atom is -0.493 e. The largest absolute Gasteiger partial charge is 0.493 e. The third-order valence-electron chi connectivity index (χ3n) is 5.02. The standard InChI is InChI=1S/C26H30N2O6S/c1-32-24-15-8-9-16-25(24)33-20-18-27-26(29)17-10-19-28(35(2,30)31)22-13-6-7-14-23(22)34-21-11-4-3-5-12-21/h3-9,11-16H,10,17-20H2,1-2H3,(H,27,29). The van der Waals surface area contributed by atoms with Crippen LogP contribution in [0.2, 0.25) is 0 Å². The SMILES string of the molecule is COc1ccccc1OCCNC(=O)CCCN(c1ccccc1Oc1ccccc1)S(C)(=O)=O. The molecule has 0 saturated carbocycles. The van der Waals surface area contributed by atoms with Crippen LogP contribution < -0.4 is 23.8 Å². The fraction of sp³-hybridized carbons (Fsp3) is 0.269. The number of hydrogen-bond donors (Lipinski definition) is 1. The van der Waals surface area contributed by atoms with E-state index in [0.29, 0.717) is 41.7 Å². The summed E-state index contributed by atoms with van der Waals surface area (Å²) in [5, 5.41) is 2.79. The van der Waals surface area contributed by atoms with Gasteiger partial charge in [-0.05, 0) is 42.8 Å². The van der Waals surface area contributed by atoms with Gasteiger partial charge in [0.15, 0.2) is 17.2 Å². The molecule has 0 atom stereocenters. The van der Waals surface area contributed by atoms with Gasteiger partial charge in [0, 0.05) is 13.0 Å². The Morgan fingerprint density at radius 3 is 2.20 bits per heavy atom. The van der Waals surface area contributed by atoms with Gasteiger partial charge in [0.1, 0.15) is 12.4 Å². The molecule has 0 heterocycles. The lowest BCUT2D eigenvalue weighted by Gasteiger charge is -2.24. The highest BCUT2D eigenvalue weighted by Gasteiger charge is 2.21. The summed E-state index contributed by atoms with van der Waals surface area (Å²) in [4.78, 5) is 12.3. The number of para-hydroxylation sites is 5. The van der Waals surface area contributed by atoms with Crippen LogP contribution in [-0.4, -0.2) is 47.4 Å². The number of benzene rings is 3. The van der Waals surface area contributed by atoms with Gasteiger partial charge in [0.25, 0.3) is 0 Å². The molecule has 186 valence electrons. The maximum atomic E-state index is 12.6. The van der Waals surface area contributed by atoms with E-state index in [4.69, 9.17) is 14.2 Å². The number of carbonyl (C=O) groups excluding carboxylic acids is 1. The molecule has 0 unspecified atom stereocenters. The second kappa shape index (κ2) is 12.7. The summed E-state index contributed by atoms with van der Waals surface area (Å²) in [6, 6.07) is 23.4. The summed E-state index contributed by atoms with van der Waals surface area (Å²) in [6.07, 6.45) is 1.65. The molecule has 0 aliphatic rings. The summed E-state index contributed by atoms with van der Waals surface area (Å²) in [5.74, 6) is 2.06. The monoisotopic (exact) mass is 498 g/mol. The summed E-state index contributed by atoms with van der Waals surface area (Å²) in [5.41, 5.74) is 0.421. The number of rotatable bonds is 13. The van der Waals surface area contributed by atoms with Crippen molar-refractivity contribution in [1.82, 2.24) is 5.32 Å². The molecule has 0 saturated heterocycles. The summed E-state index contributed by atoms with van der Waals surface area (Å²) >= 11 is 0. The molecule has 0 radical (unpaired) electrons. The number of sulfonamides is 1. The Kier molecular flexibility index (Phi) is 9.37. The highest BCUT2D eigenvalue weighted by atomic mass is 32.2. The molecule has 1 N–H and O–H groups in total. The van der Waals surface area contributed by atoms with E-state index in [1.807, 2.05) is 30.3 Å². The number of anilines is 1. The van der Waals surface area contributed by atoms with Gasteiger partial charge in [-0.15, -0.1) is 0 Å². The van der Waals surface area contributed by atoms with E-state index in [9.17, 15) is 13.2 Å². The lowest BCUT2D eigenvalue weighted by atomic mass is 10.2. The topological polar surface area (TPSA) is 94.2 Å². The molecule has 3 rings (SSSR count). The predicted octanol–water partition coefficient (Wildman–Crippen LogP) is 4.23. The summed E-state index contributed by atoms with van der Waals surface area (Å²) in [6.45, 7) is 0.741. The first kappa shape index (κ1) is 25.9. The van der Waals surface area contributed by atoms with Crippen LogP contribution in [0.4, 0.5) is 5.69 Å². The first-order valence-electron chi connectivity index (χ1n) is 11.2. The van der Waals surface area contributed by atoms with Crippen molar-refractivity contribution in [3.05, 3.63) is 78.9 Å². The van der Waals surface area contributed by atoms with Crippen LogP contribution in [0, 0.1) is 0 Å². The molecule has 8 nitrogen and oxygen atoms in total. The van der Waals surface area contributed by atoms with Gasteiger partial charge in [-0.1, -0.05) is 42.5 Å². The zero-order valence-electron chi connectivity index (χ0n) is 19.8. The predicted molar refractivity (Wildman–Crippen MR) is 136 cm³/mol. The minimum absolute atomic E-state index is 0.138. The fourth-order valence-electron chi connectivity index (χ4n) is 3.39. The van der Waals surface area contributed by atoms with Crippen molar-refractivity contribution in [2.45, 2.75) is 12.8 Å². The third-order valence-corrected chi connectivity index (χ3v) is 6.20. The Hall–Kier alpha value is -3.72. The second-order valence-electron chi connectivity index (χ2n) is 7.67. The molecule has 3 aromatic rings. The molecule has 1 amide bonds. The van der Waals surface area contributed by atoms with Crippen LogP contribution in [0.1, 0.15) is 12.8 Å². The van der Waals surface area contributed by atoms with E-state index in [1.54, 1.807) is 55.6 Å². The van der Waals surface area contributed by atoms with Crippen molar-refractivity contribution < 1.29 is 27.4 Å². The molecule has 0 bridgehead atoms. The van der Waals surface area contributed by atoms with E-state index < -0.39 is 10.0 Å². The average Bonchev–Trinajstić information content (AvgIpc) is 2.85. The number of ether oxygens (including phenoxy) is 3.